The zero-order valence-corrected chi connectivity index (χ0v) is 15.3. The van der Waals surface area contributed by atoms with Gasteiger partial charge in [-0.2, -0.15) is 13.2 Å². The number of ether oxygens (including phenoxy) is 2. The van der Waals surface area contributed by atoms with Gasteiger partial charge in [0.05, 0.1) is 17.0 Å². The summed E-state index contributed by atoms with van der Waals surface area (Å²) in [6.07, 6.45) is -4.15. The van der Waals surface area contributed by atoms with E-state index in [9.17, 15) is 22.8 Å². The van der Waals surface area contributed by atoms with Crippen LogP contribution < -0.4 is 4.74 Å². The number of para-hydroxylation sites is 1. The summed E-state index contributed by atoms with van der Waals surface area (Å²) in [5, 5.41) is 1.90. The summed E-state index contributed by atoms with van der Waals surface area (Å²) in [7, 11) is 0. The number of rotatable bonds is 5. The molecule has 0 spiro atoms. The van der Waals surface area contributed by atoms with Crippen molar-refractivity contribution in [2.24, 2.45) is 0 Å². The van der Waals surface area contributed by atoms with Crippen LogP contribution in [0.5, 0.6) is 5.75 Å². The number of benzene rings is 1. The Bertz CT molecular complexity index is 857. The molecule has 8 heteroatoms. The largest absolute Gasteiger partial charge is 0.490 e. The third-order valence-corrected chi connectivity index (χ3v) is 5.45. The smallest absolute Gasteiger partial charge is 0.488 e. The molecular formula is C19H17F3O4S. The summed E-state index contributed by atoms with van der Waals surface area (Å²) in [5.41, 5.74) is 2.29. The van der Waals surface area contributed by atoms with Crippen molar-refractivity contribution in [3.05, 3.63) is 51.2 Å². The zero-order chi connectivity index (χ0) is 19.6. The lowest BCUT2D eigenvalue weighted by atomic mass is 9.94. The molecule has 0 N–H and O–H groups in total. The van der Waals surface area contributed by atoms with Crippen molar-refractivity contribution < 1.29 is 32.2 Å². The Balaban J connectivity index is 1.65. The van der Waals surface area contributed by atoms with Gasteiger partial charge in [-0.1, -0.05) is 19.1 Å². The lowest BCUT2D eigenvalue weighted by Crippen LogP contribution is -2.25. The maximum absolute atomic E-state index is 12.8. The first-order valence-corrected chi connectivity index (χ1v) is 9.27. The van der Waals surface area contributed by atoms with Gasteiger partial charge in [0.15, 0.2) is 0 Å². The molecule has 1 aromatic carbocycles. The van der Waals surface area contributed by atoms with Crippen LogP contribution in [0.25, 0.3) is 0 Å². The van der Waals surface area contributed by atoms with E-state index in [1.54, 1.807) is 24.3 Å². The van der Waals surface area contributed by atoms with Gasteiger partial charge in [-0.25, -0.2) is 4.79 Å². The van der Waals surface area contributed by atoms with Crippen LogP contribution >= 0.6 is 11.3 Å². The first kappa shape index (κ1) is 19.4. The number of ketones is 1. The normalized spacial score (nSPS) is 14.6. The monoisotopic (exact) mass is 398 g/mol. The summed E-state index contributed by atoms with van der Waals surface area (Å²) in [5.74, 6) is -1.72. The third-order valence-electron chi connectivity index (χ3n) is 4.41. The third kappa shape index (κ3) is 4.16. The summed E-state index contributed by atoms with van der Waals surface area (Å²) in [6, 6.07) is 7.06. The quantitative estimate of drug-likeness (QED) is 0.533. The Hall–Kier alpha value is -2.35. The average molecular weight is 398 g/mol. The number of fused-ring (bicyclic) bond motifs is 2. The van der Waals surface area contributed by atoms with E-state index in [4.69, 9.17) is 4.74 Å². The molecule has 0 amide bonds. The van der Waals surface area contributed by atoms with Gasteiger partial charge >= 0.3 is 12.1 Å². The number of carbonyl (C=O) groups excluding carboxylic acids is 2. The molecule has 4 nitrogen and oxygen atoms in total. The van der Waals surface area contributed by atoms with Crippen LogP contribution in [-0.4, -0.2) is 24.5 Å². The van der Waals surface area contributed by atoms with Gasteiger partial charge in [0.25, 0.3) is 0 Å². The van der Waals surface area contributed by atoms with Gasteiger partial charge in [-0.05, 0) is 41.8 Å². The molecule has 0 fully saturated rings. The summed E-state index contributed by atoms with van der Waals surface area (Å²) in [4.78, 5) is 24.1. The minimum Gasteiger partial charge on any atom is -0.488 e. The van der Waals surface area contributed by atoms with Crippen LogP contribution in [0.1, 0.15) is 52.0 Å². The first-order chi connectivity index (χ1) is 12.8. The molecule has 0 radical (unpaired) electrons. The van der Waals surface area contributed by atoms with Crippen molar-refractivity contribution in [3.8, 4) is 5.75 Å². The average Bonchev–Trinajstić information content (AvgIpc) is 3.00. The van der Waals surface area contributed by atoms with E-state index in [1.807, 2.05) is 12.3 Å². The minimum absolute atomic E-state index is 0.00722. The van der Waals surface area contributed by atoms with Crippen LogP contribution in [-0.2, 0) is 16.1 Å². The van der Waals surface area contributed by atoms with Crippen molar-refractivity contribution in [1.82, 2.24) is 0 Å². The van der Waals surface area contributed by atoms with Gasteiger partial charge in [-0.15, -0.1) is 11.3 Å². The van der Waals surface area contributed by atoms with Crippen molar-refractivity contribution >= 4 is 23.1 Å². The Labute approximate surface area is 157 Å². The molecule has 27 heavy (non-hydrogen) atoms. The molecule has 1 aliphatic heterocycles. The van der Waals surface area contributed by atoms with Crippen LogP contribution in [0, 0.1) is 0 Å². The topological polar surface area (TPSA) is 52.6 Å². The lowest BCUT2D eigenvalue weighted by Gasteiger charge is -2.14. The highest BCUT2D eigenvalue weighted by molar-refractivity contribution is 7.12. The molecule has 0 saturated carbocycles. The van der Waals surface area contributed by atoms with Gasteiger partial charge in [0, 0.05) is 5.56 Å². The summed E-state index contributed by atoms with van der Waals surface area (Å²) < 4.78 is 46.4. The van der Waals surface area contributed by atoms with Crippen molar-refractivity contribution in [3.63, 3.8) is 0 Å². The van der Waals surface area contributed by atoms with E-state index in [-0.39, 0.29) is 24.9 Å². The van der Waals surface area contributed by atoms with E-state index < -0.39 is 12.1 Å². The molecule has 1 aromatic heterocycles. The molecule has 1 atom stereocenters. The number of carbonyl (C=O) groups is 2. The van der Waals surface area contributed by atoms with Crippen LogP contribution in [0.4, 0.5) is 13.2 Å². The molecule has 1 unspecified atom stereocenters. The Morgan fingerprint density at radius 3 is 2.81 bits per heavy atom. The standard InChI is InChI=1S/C19H17F3O4S/c1-11(5-4-8-25-18(24)19(20,21)22)14-10-27-17-13(14)9-26-15-7-3-2-6-12(15)16(17)23/h2-3,6-7,10-11H,4-5,8-9H2,1H3. The molecule has 2 aromatic rings. The molecule has 144 valence electrons. The minimum atomic E-state index is -4.97. The number of esters is 1. The lowest BCUT2D eigenvalue weighted by molar-refractivity contribution is -0.199. The second kappa shape index (κ2) is 7.72. The Morgan fingerprint density at radius 1 is 1.33 bits per heavy atom. The van der Waals surface area contributed by atoms with E-state index in [0.29, 0.717) is 29.0 Å². The number of hydrogen-bond acceptors (Lipinski definition) is 5. The fraction of sp³-hybridized carbons (Fsp3) is 0.368. The number of hydrogen-bond donors (Lipinski definition) is 0. The molecule has 0 aliphatic carbocycles. The predicted molar refractivity (Wildman–Crippen MR) is 93.2 cm³/mol. The van der Waals surface area contributed by atoms with E-state index in [0.717, 1.165) is 11.1 Å². The van der Waals surface area contributed by atoms with Crippen LogP contribution in [0.2, 0.25) is 0 Å². The van der Waals surface area contributed by atoms with Crippen molar-refractivity contribution in [2.75, 3.05) is 6.61 Å². The van der Waals surface area contributed by atoms with E-state index in [1.165, 1.54) is 11.3 Å². The predicted octanol–water partition coefficient (Wildman–Crippen LogP) is 4.86. The fourth-order valence-corrected chi connectivity index (χ4v) is 4.15. The van der Waals surface area contributed by atoms with Crippen molar-refractivity contribution in [2.45, 2.75) is 38.5 Å². The highest BCUT2D eigenvalue weighted by atomic mass is 32.1. The van der Waals surface area contributed by atoms with Gasteiger partial charge in [0.2, 0.25) is 5.78 Å². The fourth-order valence-electron chi connectivity index (χ4n) is 2.99. The van der Waals surface area contributed by atoms with Gasteiger partial charge in [0.1, 0.15) is 12.4 Å². The highest BCUT2D eigenvalue weighted by Crippen LogP contribution is 2.37. The second-order valence-electron chi connectivity index (χ2n) is 6.29. The summed E-state index contributed by atoms with van der Waals surface area (Å²) >= 11 is 1.35. The highest BCUT2D eigenvalue weighted by Gasteiger charge is 2.40. The van der Waals surface area contributed by atoms with Gasteiger partial charge in [-0.3, -0.25) is 4.79 Å². The molecule has 0 bridgehead atoms. The maximum Gasteiger partial charge on any atom is 0.490 e. The molecule has 1 aliphatic rings. The van der Waals surface area contributed by atoms with Crippen LogP contribution in [0.3, 0.4) is 0 Å². The number of alkyl halides is 3. The molecular weight excluding hydrogens is 381 g/mol. The first-order valence-electron chi connectivity index (χ1n) is 8.39. The van der Waals surface area contributed by atoms with Crippen molar-refractivity contribution in [1.29, 1.82) is 0 Å². The summed E-state index contributed by atoms with van der Waals surface area (Å²) in [6.45, 7) is 1.90. The second-order valence-corrected chi connectivity index (χ2v) is 7.17. The number of thiophene rings is 1. The molecule has 0 saturated heterocycles. The van der Waals surface area contributed by atoms with Gasteiger partial charge < -0.3 is 9.47 Å². The van der Waals surface area contributed by atoms with Crippen LogP contribution in [0.15, 0.2) is 29.6 Å². The molecule has 3 rings (SSSR count). The maximum atomic E-state index is 12.8. The van der Waals surface area contributed by atoms with E-state index in [2.05, 4.69) is 4.74 Å². The van der Waals surface area contributed by atoms with E-state index >= 15 is 0 Å². The Morgan fingerprint density at radius 2 is 2.07 bits per heavy atom. The number of halogens is 3. The SMILES string of the molecule is CC(CCCOC(=O)C(F)(F)F)c1csc2c1COc1ccccc1C2=O. The molecule has 2 heterocycles. The Kier molecular flexibility index (Phi) is 5.55. The zero-order valence-electron chi connectivity index (χ0n) is 14.5.